The number of amides is 1. The lowest BCUT2D eigenvalue weighted by atomic mass is 10.2. The fraction of sp³-hybridized carbons (Fsp3) is 0.286. The zero-order valence-electron chi connectivity index (χ0n) is 11.0. The number of aromatic nitrogens is 2. The topological polar surface area (TPSA) is 56.1 Å². The van der Waals surface area contributed by atoms with Crippen molar-refractivity contribution in [2.75, 3.05) is 11.9 Å². The lowest BCUT2D eigenvalue weighted by molar-refractivity contribution is -0.119. The normalized spacial score (nSPS) is 11.9. The molecule has 0 aliphatic heterocycles. The van der Waals surface area contributed by atoms with E-state index in [2.05, 4.69) is 10.4 Å². The zero-order chi connectivity index (χ0) is 13.7. The number of hydrogen-bond acceptors (Lipinski definition) is 3. The van der Waals surface area contributed by atoms with Crippen molar-refractivity contribution in [1.82, 2.24) is 9.78 Å². The van der Waals surface area contributed by atoms with E-state index in [0.717, 1.165) is 11.4 Å². The van der Waals surface area contributed by atoms with Crippen LogP contribution in [0.15, 0.2) is 42.7 Å². The third-order valence-electron chi connectivity index (χ3n) is 2.73. The quantitative estimate of drug-likeness (QED) is 0.897. The van der Waals surface area contributed by atoms with E-state index in [0.29, 0.717) is 6.61 Å². The molecular weight excluding hydrogens is 242 g/mol. The Kier molecular flexibility index (Phi) is 4.18. The summed E-state index contributed by atoms with van der Waals surface area (Å²) < 4.78 is 6.96. The minimum atomic E-state index is -0.346. The number of carbonyl (C=O) groups excluding carboxylic acids is 1. The highest BCUT2D eigenvalue weighted by Gasteiger charge is 2.14. The Balaban J connectivity index is 1.98. The van der Waals surface area contributed by atoms with Gasteiger partial charge in [0.15, 0.2) is 0 Å². The molecule has 1 atom stereocenters. The van der Waals surface area contributed by atoms with Crippen molar-refractivity contribution in [1.29, 1.82) is 0 Å². The van der Waals surface area contributed by atoms with E-state index in [4.69, 9.17) is 4.74 Å². The Morgan fingerprint density at radius 3 is 2.74 bits per heavy atom. The van der Waals surface area contributed by atoms with Crippen molar-refractivity contribution < 1.29 is 9.53 Å². The summed E-state index contributed by atoms with van der Waals surface area (Å²) in [4.78, 5) is 12.0. The highest BCUT2D eigenvalue weighted by atomic mass is 16.5. The zero-order valence-corrected chi connectivity index (χ0v) is 11.0. The van der Waals surface area contributed by atoms with Crippen LogP contribution in [0.1, 0.15) is 19.9 Å². The Hall–Kier alpha value is -2.30. The molecule has 100 valence electrons. The summed E-state index contributed by atoms with van der Waals surface area (Å²) in [7, 11) is 0. The number of ether oxygens (including phenoxy) is 1. The van der Waals surface area contributed by atoms with Crippen molar-refractivity contribution in [3.05, 3.63) is 42.7 Å². The maximum Gasteiger partial charge on any atom is 0.248 e. The van der Waals surface area contributed by atoms with E-state index in [-0.39, 0.29) is 11.9 Å². The van der Waals surface area contributed by atoms with Gasteiger partial charge in [0.2, 0.25) is 5.91 Å². The molecule has 19 heavy (non-hydrogen) atoms. The third-order valence-corrected chi connectivity index (χ3v) is 2.73. The molecule has 0 saturated carbocycles. The van der Waals surface area contributed by atoms with Crippen molar-refractivity contribution in [2.45, 2.75) is 19.9 Å². The first-order valence-electron chi connectivity index (χ1n) is 6.23. The molecule has 0 spiro atoms. The van der Waals surface area contributed by atoms with E-state index >= 15 is 0 Å². The molecule has 1 aromatic heterocycles. The average molecular weight is 259 g/mol. The second-order valence-corrected chi connectivity index (χ2v) is 4.11. The van der Waals surface area contributed by atoms with Gasteiger partial charge >= 0.3 is 0 Å². The fourth-order valence-electron chi connectivity index (χ4n) is 1.68. The maximum atomic E-state index is 12.0. The Morgan fingerprint density at radius 2 is 2.16 bits per heavy atom. The number of anilines is 1. The summed E-state index contributed by atoms with van der Waals surface area (Å²) in [5, 5.41) is 6.90. The van der Waals surface area contributed by atoms with Gasteiger partial charge < -0.3 is 10.1 Å². The summed E-state index contributed by atoms with van der Waals surface area (Å²) in [6, 6.07) is 8.74. The van der Waals surface area contributed by atoms with Gasteiger partial charge in [0.05, 0.1) is 6.61 Å². The standard InChI is InChI=1S/C14H17N3O2/c1-3-19-13-7-5-12(6-8-13)16-14(18)11(2)17-10-4-9-15-17/h4-11H,3H2,1-2H3,(H,16,18). The lowest BCUT2D eigenvalue weighted by Crippen LogP contribution is -2.23. The van der Waals surface area contributed by atoms with Gasteiger partial charge in [0, 0.05) is 18.1 Å². The molecule has 1 amide bonds. The van der Waals surface area contributed by atoms with Crippen LogP contribution >= 0.6 is 0 Å². The summed E-state index contributed by atoms with van der Waals surface area (Å²) in [6.07, 6.45) is 3.42. The molecular formula is C14H17N3O2. The number of nitrogens with zero attached hydrogens (tertiary/aromatic N) is 2. The van der Waals surface area contributed by atoms with E-state index in [1.54, 1.807) is 30.1 Å². The van der Waals surface area contributed by atoms with E-state index in [1.165, 1.54) is 0 Å². The third kappa shape index (κ3) is 3.34. The lowest BCUT2D eigenvalue weighted by Gasteiger charge is -2.13. The Morgan fingerprint density at radius 1 is 1.42 bits per heavy atom. The summed E-state index contributed by atoms with van der Waals surface area (Å²) in [6.45, 7) is 4.36. The molecule has 1 unspecified atom stereocenters. The van der Waals surface area contributed by atoms with Crippen LogP contribution in [-0.2, 0) is 4.79 Å². The van der Waals surface area contributed by atoms with Crippen LogP contribution in [0.5, 0.6) is 5.75 Å². The van der Waals surface area contributed by atoms with Crippen LogP contribution in [0.2, 0.25) is 0 Å². The summed E-state index contributed by atoms with van der Waals surface area (Å²) >= 11 is 0. The van der Waals surface area contributed by atoms with Crippen LogP contribution in [0.3, 0.4) is 0 Å². The first-order chi connectivity index (χ1) is 9.20. The number of hydrogen-bond donors (Lipinski definition) is 1. The molecule has 5 nitrogen and oxygen atoms in total. The van der Waals surface area contributed by atoms with Crippen LogP contribution < -0.4 is 10.1 Å². The molecule has 0 aliphatic carbocycles. The van der Waals surface area contributed by atoms with E-state index in [9.17, 15) is 4.79 Å². The molecule has 0 aliphatic rings. The van der Waals surface area contributed by atoms with Gasteiger partial charge in [0.1, 0.15) is 11.8 Å². The molecule has 0 radical (unpaired) electrons. The Labute approximate surface area is 112 Å². The molecule has 0 fully saturated rings. The molecule has 1 heterocycles. The number of nitrogens with one attached hydrogen (secondary N) is 1. The van der Waals surface area contributed by atoms with E-state index in [1.807, 2.05) is 31.2 Å². The van der Waals surface area contributed by atoms with Crippen molar-refractivity contribution in [3.8, 4) is 5.75 Å². The number of rotatable bonds is 5. The van der Waals surface area contributed by atoms with E-state index < -0.39 is 0 Å². The minimum absolute atomic E-state index is 0.104. The van der Waals surface area contributed by atoms with Crippen molar-refractivity contribution in [3.63, 3.8) is 0 Å². The van der Waals surface area contributed by atoms with Crippen molar-refractivity contribution in [2.24, 2.45) is 0 Å². The average Bonchev–Trinajstić information content (AvgIpc) is 2.94. The van der Waals surface area contributed by atoms with Gasteiger partial charge in [-0.3, -0.25) is 9.48 Å². The SMILES string of the molecule is CCOc1ccc(NC(=O)C(C)n2cccn2)cc1. The number of carbonyl (C=O) groups is 1. The van der Waals surface area contributed by atoms with Gasteiger partial charge in [-0.2, -0.15) is 5.10 Å². The largest absolute Gasteiger partial charge is 0.494 e. The molecule has 2 aromatic rings. The first kappa shape index (κ1) is 13.1. The van der Waals surface area contributed by atoms with Crippen molar-refractivity contribution >= 4 is 11.6 Å². The molecule has 2 rings (SSSR count). The van der Waals surface area contributed by atoms with Crippen LogP contribution in [0, 0.1) is 0 Å². The number of benzene rings is 1. The van der Waals surface area contributed by atoms with Gasteiger partial charge in [-0.05, 0) is 44.2 Å². The summed E-state index contributed by atoms with van der Waals surface area (Å²) in [5.41, 5.74) is 0.743. The van der Waals surface area contributed by atoms with Gasteiger partial charge in [-0.25, -0.2) is 0 Å². The predicted octanol–water partition coefficient (Wildman–Crippen LogP) is 2.48. The van der Waals surface area contributed by atoms with Crippen LogP contribution in [-0.4, -0.2) is 22.3 Å². The second kappa shape index (κ2) is 6.04. The summed E-state index contributed by atoms with van der Waals surface area (Å²) in [5.74, 6) is 0.688. The monoisotopic (exact) mass is 259 g/mol. The fourth-order valence-corrected chi connectivity index (χ4v) is 1.68. The molecule has 0 bridgehead atoms. The second-order valence-electron chi connectivity index (χ2n) is 4.11. The Bertz CT molecular complexity index is 520. The minimum Gasteiger partial charge on any atom is -0.494 e. The highest BCUT2D eigenvalue weighted by molar-refractivity contribution is 5.93. The molecule has 1 aromatic carbocycles. The van der Waals surface area contributed by atoms with Gasteiger partial charge in [-0.1, -0.05) is 0 Å². The van der Waals surface area contributed by atoms with Crippen LogP contribution in [0.4, 0.5) is 5.69 Å². The maximum absolute atomic E-state index is 12.0. The first-order valence-corrected chi connectivity index (χ1v) is 6.23. The van der Waals surface area contributed by atoms with Crippen LogP contribution in [0.25, 0.3) is 0 Å². The molecule has 5 heteroatoms. The molecule has 0 saturated heterocycles. The molecule has 1 N–H and O–H groups in total. The predicted molar refractivity (Wildman–Crippen MR) is 73.2 cm³/mol. The highest BCUT2D eigenvalue weighted by Crippen LogP contribution is 2.17. The van der Waals surface area contributed by atoms with Gasteiger partial charge in [-0.15, -0.1) is 0 Å². The smallest absolute Gasteiger partial charge is 0.248 e. The van der Waals surface area contributed by atoms with Gasteiger partial charge in [0.25, 0.3) is 0 Å².